The van der Waals surface area contributed by atoms with Gasteiger partial charge in [0.1, 0.15) is 5.75 Å². The Morgan fingerprint density at radius 2 is 1.85 bits per heavy atom. The Labute approximate surface area is 160 Å². The third kappa shape index (κ3) is 4.61. The second kappa shape index (κ2) is 8.73. The molecular formula is C20H26N2O4S. The summed E-state index contributed by atoms with van der Waals surface area (Å²) in [4.78, 5) is 0.240. The Morgan fingerprint density at radius 3 is 2.56 bits per heavy atom. The molecule has 27 heavy (non-hydrogen) atoms. The predicted molar refractivity (Wildman–Crippen MR) is 106 cm³/mol. The molecule has 0 atom stereocenters. The van der Waals surface area contributed by atoms with Gasteiger partial charge in [-0.15, -0.1) is 0 Å². The molecule has 2 aromatic rings. The van der Waals surface area contributed by atoms with Crippen LogP contribution in [0, 0.1) is 0 Å². The van der Waals surface area contributed by atoms with Crippen molar-refractivity contribution in [3.8, 4) is 5.75 Å². The molecule has 2 N–H and O–H groups in total. The predicted octanol–water partition coefficient (Wildman–Crippen LogP) is 3.11. The zero-order chi connectivity index (χ0) is 19.3. The molecule has 1 fully saturated rings. The topological polar surface area (TPSA) is 76.7 Å². The van der Waals surface area contributed by atoms with Crippen LogP contribution in [0.15, 0.2) is 47.4 Å². The lowest BCUT2D eigenvalue weighted by atomic mass is 9.89. The maximum absolute atomic E-state index is 13.0. The van der Waals surface area contributed by atoms with E-state index in [-0.39, 0.29) is 10.8 Å². The summed E-state index contributed by atoms with van der Waals surface area (Å²) in [5.41, 5.74) is 2.27. The van der Waals surface area contributed by atoms with E-state index in [1.165, 1.54) is 0 Å². The van der Waals surface area contributed by atoms with Crippen LogP contribution in [0.2, 0.25) is 0 Å². The van der Waals surface area contributed by atoms with E-state index >= 15 is 0 Å². The largest absolute Gasteiger partial charge is 0.496 e. The van der Waals surface area contributed by atoms with Gasteiger partial charge < -0.3 is 14.8 Å². The van der Waals surface area contributed by atoms with Gasteiger partial charge in [0.25, 0.3) is 10.0 Å². The minimum Gasteiger partial charge on any atom is -0.496 e. The van der Waals surface area contributed by atoms with Crippen LogP contribution in [0.25, 0.3) is 0 Å². The number of methoxy groups -OCH3 is 2. The third-order valence-electron chi connectivity index (χ3n) is 4.85. The number of sulfonamides is 1. The Morgan fingerprint density at radius 1 is 1.11 bits per heavy atom. The highest BCUT2D eigenvalue weighted by Gasteiger charge is 2.23. The molecular weight excluding hydrogens is 364 g/mol. The number of nitrogens with one attached hydrogen (secondary N) is 2. The van der Waals surface area contributed by atoms with Gasteiger partial charge in [-0.05, 0) is 61.7 Å². The highest BCUT2D eigenvalue weighted by molar-refractivity contribution is 7.92. The van der Waals surface area contributed by atoms with Crippen molar-refractivity contribution >= 4 is 15.7 Å². The van der Waals surface area contributed by atoms with Gasteiger partial charge in [0.15, 0.2) is 0 Å². The van der Waals surface area contributed by atoms with Gasteiger partial charge in [-0.2, -0.15) is 0 Å². The van der Waals surface area contributed by atoms with Crippen molar-refractivity contribution in [1.82, 2.24) is 5.32 Å². The smallest absolute Gasteiger partial charge is 0.261 e. The summed E-state index contributed by atoms with van der Waals surface area (Å²) < 4.78 is 39.3. The minimum atomic E-state index is -3.72. The summed E-state index contributed by atoms with van der Waals surface area (Å²) >= 11 is 0. The van der Waals surface area contributed by atoms with Crippen molar-refractivity contribution in [2.24, 2.45) is 0 Å². The van der Waals surface area contributed by atoms with E-state index in [4.69, 9.17) is 9.47 Å². The SMILES string of the molecule is COCc1ccccc1NS(=O)(=O)c1ccc(OC)c(C2CCNCC2)c1. The zero-order valence-electron chi connectivity index (χ0n) is 15.7. The Balaban J connectivity index is 1.92. The summed E-state index contributed by atoms with van der Waals surface area (Å²) in [5, 5.41) is 3.33. The molecule has 1 aliphatic rings. The summed E-state index contributed by atoms with van der Waals surface area (Å²) in [6.07, 6.45) is 1.92. The number of benzene rings is 2. The van der Waals surface area contributed by atoms with Crippen LogP contribution < -0.4 is 14.8 Å². The maximum Gasteiger partial charge on any atom is 0.261 e. The minimum absolute atomic E-state index is 0.240. The Bertz CT molecular complexity index is 877. The van der Waals surface area contributed by atoms with E-state index < -0.39 is 10.0 Å². The van der Waals surface area contributed by atoms with Crippen molar-refractivity contribution in [3.63, 3.8) is 0 Å². The molecule has 0 spiro atoms. The van der Waals surface area contributed by atoms with E-state index in [1.807, 2.05) is 12.1 Å². The van der Waals surface area contributed by atoms with Gasteiger partial charge in [0.05, 0.1) is 24.3 Å². The van der Waals surface area contributed by atoms with Gasteiger partial charge in [-0.1, -0.05) is 18.2 Å². The first-order valence-electron chi connectivity index (χ1n) is 9.03. The highest BCUT2D eigenvalue weighted by atomic mass is 32.2. The lowest BCUT2D eigenvalue weighted by Crippen LogP contribution is -2.27. The summed E-state index contributed by atoms with van der Waals surface area (Å²) in [6, 6.07) is 12.3. The highest BCUT2D eigenvalue weighted by Crippen LogP contribution is 2.34. The summed E-state index contributed by atoms with van der Waals surface area (Å²) in [7, 11) is -0.515. The average Bonchev–Trinajstić information content (AvgIpc) is 2.69. The quantitative estimate of drug-likeness (QED) is 0.760. The van der Waals surface area contributed by atoms with Crippen LogP contribution in [-0.4, -0.2) is 35.7 Å². The first kappa shape index (κ1) is 19.7. The van der Waals surface area contributed by atoms with E-state index in [0.29, 0.717) is 12.3 Å². The van der Waals surface area contributed by atoms with Crippen LogP contribution >= 0.6 is 0 Å². The average molecular weight is 391 g/mol. The summed E-state index contributed by atoms with van der Waals surface area (Å²) in [5.74, 6) is 1.03. The molecule has 0 aliphatic carbocycles. The molecule has 1 heterocycles. The standard InChI is InChI=1S/C20H26N2O4S/c1-25-14-16-5-3-4-6-19(16)22-27(23,24)17-7-8-20(26-2)18(13-17)15-9-11-21-12-10-15/h3-8,13,15,21-22H,9-12,14H2,1-2H3. The molecule has 7 heteroatoms. The first-order valence-corrected chi connectivity index (χ1v) is 10.5. The molecule has 1 saturated heterocycles. The molecule has 3 rings (SSSR count). The van der Waals surface area contributed by atoms with Crippen molar-refractivity contribution in [1.29, 1.82) is 0 Å². The van der Waals surface area contributed by atoms with Gasteiger partial charge in [0.2, 0.25) is 0 Å². The van der Waals surface area contributed by atoms with Gasteiger partial charge in [-0.25, -0.2) is 8.42 Å². The normalized spacial score (nSPS) is 15.5. The molecule has 0 saturated carbocycles. The van der Waals surface area contributed by atoms with Crippen molar-refractivity contribution in [3.05, 3.63) is 53.6 Å². The van der Waals surface area contributed by atoms with Crippen molar-refractivity contribution < 1.29 is 17.9 Å². The Hall–Kier alpha value is -2.09. The van der Waals surface area contributed by atoms with Crippen LogP contribution in [0.1, 0.15) is 29.9 Å². The lowest BCUT2D eigenvalue weighted by Gasteiger charge is -2.25. The lowest BCUT2D eigenvalue weighted by molar-refractivity contribution is 0.185. The maximum atomic E-state index is 13.0. The molecule has 0 amide bonds. The fraction of sp³-hybridized carbons (Fsp3) is 0.400. The number of rotatable bonds is 7. The van der Waals surface area contributed by atoms with E-state index in [2.05, 4.69) is 10.0 Å². The van der Waals surface area contributed by atoms with Crippen LogP contribution in [0.5, 0.6) is 5.75 Å². The van der Waals surface area contributed by atoms with Crippen molar-refractivity contribution in [2.75, 3.05) is 32.0 Å². The Kier molecular flexibility index (Phi) is 6.36. The molecule has 0 unspecified atom stereocenters. The third-order valence-corrected chi connectivity index (χ3v) is 6.22. The van der Waals surface area contributed by atoms with Gasteiger partial charge in [-0.3, -0.25) is 4.72 Å². The number of hydrogen-bond donors (Lipinski definition) is 2. The van der Waals surface area contributed by atoms with Crippen LogP contribution in [0.3, 0.4) is 0 Å². The molecule has 1 aliphatic heterocycles. The first-order chi connectivity index (χ1) is 13.0. The molecule has 0 bridgehead atoms. The number of anilines is 1. The molecule has 146 valence electrons. The van der Waals surface area contributed by atoms with E-state index in [0.717, 1.165) is 42.8 Å². The van der Waals surface area contributed by atoms with Crippen molar-refractivity contribution in [2.45, 2.75) is 30.3 Å². The number of hydrogen-bond acceptors (Lipinski definition) is 5. The molecule has 0 aromatic heterocycles. The number of ether oxygens (including phenoxy) is 2. The number of para-hydroxylation sites is 1. The zero-order valence-corrected chi connectivity index (χ0v) is 16.5. The summed E-state index contributed by atoms with van der Waals surface area (Å²) in [6.45, 7) is 2.18. The van der Waals surface area contributed by atoms with Gasteiger partial charge >= 0.3 is 0 Å². The molecule has 6 nitrogen and oxygen atoms in total. The van der Waals surface area contributed by atoms with Crippen LogP contribution in [-0.2, 0) is 21.4 Å². The number of piperidine rings is 1. The second-order valence-corrected chi connectivity index (χ2v) is 8.31. The fourth-order valence-corrected chi connectivity index (χ4v) is 4.57. The monoisotopic (exact) mass is 390 g/mol. The second-order valence-electron chi connectivity index (χ2n) is 6.62. The van der Waals surface area contributed by atoms with Crippen LogP contribution in [0.4, 0.5) is 5.69 Å². The molecule has 0 radical (unpaired) electrons. The molecule has 2 aromatic carbocycles. The van der Waals surface area contributed by atoms with Gasteiger partial charge in [0, 0.05) is 12.7 Å². The fourth-order valence-electron chi connectivity index (χ4n) is 3.44. The van der Waals surface area contributed by atoms with E-state index in [1.54, 1.807) is 44.6 Å². The van der Waals surface area contributed by atoms with E-state index in [9.17, 15) is 8.42 Å².